The fourth-order valence-electron chi connectivity index (χ4n) is 1.51. The lowest BCUT2D eigenvalue weighted by molar-refractivity contribution is -0.173. The minimum Gasteiger partial charge on any atom is -0.372 e. The highest BCUT2D eigenvalue weighted by atomic mass is 19.4. The number of halogens is 3. The van der Waals surface area contributed by atoms with Gasteiger partial charge in [0, 0.05) is 18.9 Å². The molecule has 0 fully saturated rings. The number of ether oxygens (including phenoxy) is 1. The SMILES string of the molecule is CCNC(C)Cc1nc(CCOCC(F)(F)F)no1. The zero-order valence-electron chi connectivity index (χ0n) is 11.0. The third kappa shape index (κ3) is 7.12. The topological polar surface area (TPSA) is 60.2 Å². The number of hydrogen-bond donors (Lipinski definition) is 1. The van der Waals surface area contributed by atoms with E-state index in [0.717, 1.165) is 6.54 Å². The first-order valence-corrected chi connectivity index (χ1v) is 6.10. The molecule has 0 aromatic carbocycles. The van der Waals surface area contributed by atoms with Gasteiger partial charge in [-0.25, -0.2) is 0 Å². The predicted molar refractivity (Wildman–Crippen MR) is 61.7 cm³/mol. The van der Waals surface area contributed by atoms with Crippen LogP contribution >= 0.6 is 0 Å². The van der Waals surface area contributed by atoms with Gasteiger partial charge >= 0.3 is 6.18 Å². The highest BCUT2D eigenvalue weighted by Crippen LogP contribution is 2.14. The lowest BCUT2D eigenvalue weighted by Crippen LogP contribution is -2.27. The molecule has 0 saturated carbocycles. The van der Waals surface area contributed by atoms with Crippen molar-refractivity contribution in [1.29, 1.82) is 0 Å². The van der Waals surface area contributed by atoms with Crippen molar-refractivity contribution in [2.75, 3.05) is 19.8 Å². The van der Waals surface area contributed by atoms with Gasteiger partial charge in [-0.2, -0.15) is 18.2 Å². The largest absolute Gasteiger partial charge is 0.411 e. The van der Waals surface area contributed by atoms with Crippen LogP contribution in [0.4, 0.5) is 13.2 Å². The molecular weight excluding hydrogens is 263 g/mol. The smallest absolute Gasteiger partial charge is 0.372 e. The Kier molecular flexibility index (Phi) is 6.23. The van der Waals surface area contributed by atoms with Gasteiger partial charge in [-0.05, 0) is 13.5 Å². The summed E-state index contributed by atoms with van der Waals surface area (Å²) < 4.78 is 44.9. The molecule has 1 unspecified atom stereocenters. The van der Waals surface area contributed by atoms with Gasteiger partial charge in [-0.3, -0.25) is 0 Å². The minimum absolute atomic E-state index is 0.0821. The van der Waals surface area contributed by atoms with Crippen molar-refractivity contribution in [3.05, 3.63) is 11.7 Å². The molecule has 1 aromatic rings. The predicted octanol–water partition coefficient (Wildman–Crippen LogP) is 1.73. The lowest BCUT2D eigenvalue weighted by Gasteiger charge is -2.07. The van der Waals surface area contributed by atoms with Gasteiger partial charge in [0.05, 0.1) is 6.61 Å². The average molecular weight is 281 g/mol. The van der Waals surface area contributed by atoms with E-state index in [2.05, 4.69) is 20.2 Å². The lowest BCUT2D eigenvalue weighted by atomic mass is 10.2. The van der Waals surface area contributed by atoms with Crippen LogP contribution in [0, 0.1) is 0 Å². The van der Waals surface area contributed by atoms with Gasteiger partial charge < -0.3 is 14.6 Å². The van der Waals surface area contributed by atoms with Crippen molar-refractivity contribution in [2.24, 2.45) is 0 Å². The Morgan fingerprint density at radius 1 is 1.42 bits per heavy atom. The number of rotatable bonds is 8. The van der Waals surface area contributed by atoms with Crippen LogP contribution in [0.2, 0.25) is 0 Å². The summed E-state index contributed by atoms with van der Waals surface area (Å²) in [6, 6.07) is 0.208. The Morgan fingerprint density at radius 2 is 2.16 bits per heavy atom. The Bertz CT molecular complexity index is 368. The molecule has 8 heteroatoms. The van der Waals surface area contributed by atoms with E-state index in [4.69, 9.17) is 4.52 Å². The van der Waals surface area contributed by atoms with Crippen LogP contribution in [0.25, 0.3) is 0 Å². The van der Waals surface area contributed by atoms with Gasteiger partial charge in [0.1, 0.15) is 6.61 Å². The number of nitrogens with zero attached hydrogens (tertiary/aromatic N) is 2. The second-order valence-electron chi connectivity index (χ2n) is 4.18. The standard InChI is InChI=1S/C11H18F3N3O2/c1-3-15-8(2)6-10-16-9(17-19-10)4-5-18-7-11(12,13)14/h8,15H,3-7H2,1-2H3. The number of hydrogen-bond acceptors (Lipinski definition) is 5. The summed E-state index contributed by atoms with van der Waals surface area (Å²) in [6.45, 7) is 3.48. The summed E-state index contributed by atoms with van der Waals surface area (Å²) in [5.74, 6) is 0.833. The maximum atomic E-state index is 11.8. The first-order chi connectivity index (χ1) is 8.90. The zero-order valence-corrected chi connectivity index (χ0v) is 11.0. The molecule has 0 bridgehead atoms. The van der Waals surface area contributed by atoms with Crippen LogP contribution < -0.4 is 5.32 Å². The summed E-state index contributed by atoms with van der Waals surface area (Å²) in [5.41, 5.74) is 0. The second-order valence-corrected chi connectivity index (χ2v) is 4.18. The van der Waals surface area contributed by atoms with E-state index in [1.807, 2.05) is 13.8 Å². The molecule has 110 valence electrons. The van der Waals surface area contributed by atoms with Crippen LogP contribution in [0.5, 0.6) is 0 Å². The minimum atomic E-state index is -4.30. The van der Waals surface area contributed by atoms with Crippen molar-refractivity contribution in [1.82, 2.24) is 15.5 Å². The summed E-state index contributed by atoms with van der Waals surface area (Å²) in [5, 5.41) is 6.88. The Balaban J connectivity index is 2.27. The highest BCUT2D eigenvalue weighted by molar-refractivity contribution is 4.89. The van der Waals surface area contributed by atoms with Crippen molar-refractivity contribution in [2.45, 2.75) is 38.9 Å². The fraction of sp³-hybridized carbons (Fsp3) is 0.818. The van der Waals surface area contributed by atoms with E-state index in [1.54, 1.807) is 0 Å². The Hall–Kier alpha value is -1.15. The second kappa shape index (κ2) is 7.44. The number of alkyl halides is 3. The normalized spacial score (nSPS) is 13.7. The molecule has 1 atom stereocenters. The van der Waals surface area contributed by atoms with E-state index in [9.17, 15) is 13.2 Å². The van der Waals surface area contributed by atoms with E-state index in [1.165, 1.54) is 0 Å². The number of nitrogens with one attached hydrogen (secondary N) is 1. The first kappa shape index (κ1) is 15.9. The molecule has 1 aromatic heterocycles. The van der Waals surface area contributed by atoms with Crippen LogP contribution in [-0.2, 0) is 17.6 Å². The molecule has 0 aliphatic carbocycles. The number of aromatic nitrogens is 2. The highest BCUT2D eigenvalue weighted by Gasteiger charge is 2.27. The molecule has 0 spiro atoms. The van der Waals surface area contributed by atoms with Crippen molar-refractivity contribution in [3.8, 4) is 0 Å². The van der Waals surface area contributed by atoms with Gasteiger partial charge in [0.2, 0.25) is 5.89 Å². The molecule has 0 saturated heterocycles. The molecule has 19 heavy (non-hydrogen) atoms. The maximum Gasteiger partial charge on any atom is 0.411 e. The molecule has 1 heterocycles. The van der Waals surface area contributed by atoms with Gasteiger partial charge in [-0.1, -0.05) is 12.1 Å². The summed E-state index contributed by atoms with van der Waals surface area (Å²) in [4.78, 5) is 4.09. The summed E-state index contributed by atoms with van der Waals surface area (Å²) >= 11 is 0. The Labute approximate surface area is 109 Å². The molecule has 5 nitrogen and oxygen atoms in total. The van der Waals surface area contributed by atoms with Crippen molar-refractivity contribution < 1.29 is 22.4 Å². The van der Waals surface area contributed by atoms with E-state index < -0.39 is 12.8 Å². The quantitative estimate of drug-likeness (QED) is 0.735. The third-order valence-corrected chi connectivity index (χ3v) is 2.28. The molecule has 1 rings (SSSR count). The monoisotopic (exact) mass is 281 g/mol. The molecule has 0 amide bonds. The Morgan fingerprint density at radius 3 is 2.79 bits per heavy atom. The zero-order chi connectivity index (χ0) is 14.3. The van der Waals surface area contributed by atoms with Crippen molar-refractivity contribution >= 4 is 0 Å². The van der Waals surface area contributed by atoms with Crippen LogP contribution in [-0.4, -0.2) is 42.1 Å². The first-order valence-electron chi connectivity index (χ1n) is 6.10. The molecule has 0 radical (unpaired) electrons. The van der Waals surface area contributed by atoms with E-state index >= 15 is 0 Å². The fourth-order valence-corrected chi connectivity index (χ4v) is 1.51. The molecular formula is C11H18F3N3O2. The third-order valence-electron chi connectivity index (χ3n) is 2.28. The van der Waals surface area contributed by atoms with Crippen LogP contribution in [0.1, 0.15) is 25.6 Å². The summed E-state index contributed by atoms with van der Waals surface area (Å²) in [7, 11) is 0. The van der Waals surface area contributed by atoms with Gasteiger partial charge in [-0.15, -0.1) is 0 Å². The van der Waals surface area contributed by atoms with Gasteiger partial charge in [0.25, 0.3) is 0 Å². The molecule has 0 aliphatic rings. The summed E-state index contributed by atoms with van der Waals surface area (Å²) in [6.07, 6.45) is -3.51. The molecule has 1 N–H and O–H groups in total. The average Bonchev–Trinajstić information content (AvgIpc) is 2.71. The van der Waals surface area contributed by atoms with Gasteiger partial charge in [0.15, 0.2) is 5.82 Å². The van der Waals surface area contributed by atoms with Crippen LogP contribution in [0.3, 0.4) is 0 Å². The van der Waals surface area contributed by atoms with E-state index in [0.29, 0.717) is 18.1 Å². The number of likely N-dealkylation sites (N-methyl/N-ethyl adjacent to an activating group) is 1. The van der Waals surface area contributed by atoms with E-state index in [-0.39, 0.29) is 19.1 Å². The molecule has 0 aliphatic heterocycles. The maximum absolute atomic E-state index is 11.8. The van der Waals surface area contributed by atoms with Crippen LogP contribution in [0.15, 0.2) is 4.52 Å². The van der Waals surface area contributed by atoms with Crippen molar-refractivity contribution in [3.63, 3.8) is 0 Å².